The summed E-state index contributed by atoms with van der Waals surface area (Å²) < 4.78 is 4.68. The van der Waals surface area contributed by atoms with Crippen LogP contribution in [0.3, 0.4) is 0 Å². The van der Waals surface area contributed by atoms with Gasteiger partial charge in [0.25, 0.3) is 0 Å². The molecule has 2 aliphatic carbocycles. The van der Waals surface area contributed by atoms with Gasteiger partial charge in [-0.3, -0.25) is 28.8 Å². The largest absolute Gasteiger partial charge is 0.469 e. The van der Waals surface area contributed by atoms with Crippen molar-refractivity contribution < 1.29 is 33.5 Å². The Morgan fingerprint density at radius 1 is 0.680 bits per heavy atom. The summed E-state index contributed by atoms with van der Waals surface area (Å²) >= 11 is 13.1. The third kappa shape index (κ3) is 9.30. The molecule has 3 aromatic rings. The summed E-state index contributed by atoms with van der Waals surface area (Å²) in [5.74, 6) is -1.24. The van der Waals surface area contributed by atoms with Gasteiger partial charge in [0.15, 0.2) is 28.9 Å². The van der Waals surface area contributed by atoms with Crippen molar-refractivity contribution >= 4 is 81.1 Å². The molecule has 0 radical (unpaired) electrons. The van der Waals surface area contributed by atoms with Crippen molar-refractivity contribution in [2.24, 2.45) is 0 Å². The van der Waals surface area contributed by atoms with E-state index in [2.05, 4.69) is 4.74 Å². The number of rotatable bonds is 16. The number of esters is 1. The van der Waals surface area contributed by atoms with E-state index in [1.54, 1.807) is 66.8 Å². The first-order valence-corrected chi connectivity index (χ1v) is 18.1. The highest BCUT2D eigenvalue weighted by molar-refractivity contribution is 7.15. The molecule has 10 heteroatoms. The number of Topliss-reactive ketones (excluding diaryl/α,β-unsaturated/α-hetero) is 5. The van der Waals surface area contributed by atoms with Gasteiger partial charge in [-0.05, 0) is 73.5 Å². The summed E-state index contributed by atoms with van der Waals surface area (Å²) in [7, 11) is 1.36. The number of fused-ring (bicyclic) bond motifs is 1. The Hall–Kier alpha value is -4.24. The lowest BCUT2D eigenvalue weighted by molar-refractivity contribution is -0.140. The minimum absolute atomic E-state index is 0.00711. The Bertz CT molecular complexity index is 1930. The Kier molecular flexibility index (Phi) is 12.7. The number of thiophene rings is 1. The predicted molar refractivity (Wildman–Crippen MR) is 196 cm³/mol. The molecule has 0 saturated carbocycles. The number of hydrogen-bond donors (Lipinski definition) is 0. The first-order chi connectivity index (χ1) is 24.0. The highest BCUT2D eigenvalue weighted by Crippen LogP contribution is 2.42. The second-order valence-electron chi connectivity index (χ2n) is 12.4. The maximum absolute atomic E-state index is 13.9. The van der Waals surface area contributed by atoms with Crippen LogP contribution in [0.4, 0.5) is 0 Å². The number of halogens is 2. The number of benzene rings is 2. The summed E-state index contributed by atoms with van der Waals surface area (Å²) in [6.07, 6.45) is 9.61. The van der Waals surface area contributed by atoms with Crippen molar-refractivity contribution in [3.8, 4) is 0 Å². The highest BCUT2D eigenvalue weighted by atomic mass is 35.5. The number of allylic oxidation sites excluding steroid dienone is 5. The van der Waals surface area contributed by atoms with Gasteiger partial charge in [-0.15, -0.1) is 11.3 Å². The minimum atomic E-state index is -0.260. The van der Waals surface area contributed by atoms with E-state index in [9.17, 15) is 28.8 Å². The van der Waals surface area contributed by atoms with Gasteiger partial charge < -0.3 is 4.74 Å². The van der Waals surface area contributed by atoms with Crippen LogP contribution in [0.2, 0.25) is 10.0 Å². The topological polar surface area (TPSA) is 112 Å². The van der Waals surface area contributed by atoms with Crippen molar-refractivity contribution in [3.05, 3.63) is 114 Å². The summed E-state index contributed by atoms with van der Waals surface area (Å²) in [5, 5.41) is 1.04. The van der Waals surface area contributed by atoms with Crippen molar-refractivity contribution in [1.82, 2.24) is 0 Å². The molecule has 2 aromatic carbocycles. The van der Waals surface area contributed by atoms with E-state index < -0.39 is 0 Å². The smallest absolute Gasteiger partial charge is 0.305 e. The molecule has 2 aliphatic rings. The van der Waals surface area contributed by atoms with E-state index in [1.165, 1.54) is 18.4 Å². The van der Waals surface area contributed by atoms with Crippen LogP contribution in [0.1, 0.15) is 122 Å². The van der Waals surface area contributed by atoms with Crippen molar-refractivity contribution in [2.45, 2.75) is 70.6 Å². The maximum atomic E-state index is 13.9. The van der Waals surface area contributed by atoms with Crippen molar-refractivity contribution in [3.63, 3.8) is 0 Å². The number of carbonyl (C=O) groups is 6. The number of carbonyl (C=O) groups excluding carboxylic acids is 6. The van der Waals surface area contributed by atoms with Crippen LogP contribution < -0.4 is 0 Å². The molecule has 50 heavy (non-hydrogen) atoms. The molecule has 5 rings (SSSR count). The predicted octanol–water partition coefficient (Wildman–Crippen LogP) is 9.94. The Morgan fingerprint density at radius 2 is 1.22 bits per heavy atom. The second-order valence-corrected chi connectivity index (χ2v) is 14.4. The first kappa shape index (κ1) is 37.0. The van der Waals surface area contributed by atoms with Crippen LogP contribution in [-0.4, -0.2) is 42.0 Å². The molecular formula is C40H36Cl2O7S. The molecule has 0 spiro atoms. The lowest BCUT2D eigenvalue weighted by atomic mass is 9.85. The molecule has 0 unspecified atom stereocenters. The summed E-state index contributed by atoms with van der Waals surface area (Å²) in [6.45, 7) is 0. The lowest BCUT2D eigenvalue weighted by Gasteiger charge is -2.15. The maximum Gasteiger partial charge on any atom is 0.305 e. The third-order valence-electron chi connectivity index (χ3n) is 8.75. The molecule has 0 fully saturated rings. The Labute approximate surface area is 305 Å². The highest BCUT2D eigenvalue weighted by Gasteiger charge is 2.34. The van der Waals surface area contributed by atoms with Gasteiger partial charge in [-0.2, -0.15) is 0 Å². The fourth-order valence-electron chi connectivity index (χ4n) is 6.11. The van der Waals surface area contributed by atoms with Crippen LogP contribution in [0.25, 0.3) is 11.6 Å². The van der Waals surface area contributed by atoms with Crippen LogP contribution in [0.15, 0.2) is 71.8 Å². The normalized spacial score (nSPS) is 14.0. The molecule has 0 N–H and O–H groups in total. The standard InChI is InChI=1S/C40H36Cl2O7S/c1-49-37(48)8-6-4-2-3-5-7-31(43)39-38-35(47)22-25(21-33(45)27-12-16-29(42)17-13-27)23-36(38)50-40(39)30-18-9-24(20-34(30)46)19-32(44)26-10-14-28(41)15-11-26/h9-18,23H,2-8,19-22H2,1H3. The molecule has 0 aliphatic heterocycles. The van der Waals surface area contributed by atoms with E-state index >= 15 is 0 Å². The van der Waals surface area contributed by atoms with E-state index in [0.29, 0.717) is 72.5 Å². The molecule has 7 nitrogen and oxygen atoms in total. The lowest BCUT2D eigenvalue weighted by Crippen LogP contribution is -2.15. The molecule has 1 aromatic heterocycles. The zero-order valence-corrected chi connectivity index (χ0v) is 30.0. The fourth-order valence-corrected chi connectivity index (χ4v) is 7.73. The van der Waals surface area contributed by atoms with E-state index in [0.717, 1.165) is 19.3 Å². The van der Waals surface area contributed by atoms with Gasteiger partial charge in [0.1, 0.15) is 0 Å². The van der Waals surface area contributed by atoms with Gasteiger partial charge in [-0.25, -0.2) is 0 Å². The van der Waals surface area contributed by atoms with Gasteiger partial charge in [0.05, 0.1) is 12.0 Å². The average Bonchev–Trinajstić information content (AvgIpc) is 3.48. The van der Waals surface area contributed by atoms with E-state index in [1.807, 2.05) is 0 Å². The van der Waals surface area contributed by atoms with Crippen LogP contribution in [0.5, 0.6) is 0 Å². The van der Waals surface area contributed by atoms with Gasteiger partial charge in [-0.1, -0.05) is 59.7 Å². The second kappa shape index (κ2) is 17.1. The van der Waals surface area contributed by atoms with Gasteiger partial charge >= 0.3 is 5.97 Å². The number of unbranched alkanes of at least 4 members (excludes halogenated alkanes) is 4. The minimum Gasteiger partial charge on any atom is -0.469 e. The monoisotopic (exact) mass is 730 g/mol. The van der Waals surface area contributed by atoms with Gasteiger partial charge in [0.2, 0.25) is 0 Å². The third-order valence-corrected chi connectivity index (χ3v) is 10.4. The number of ketones is 5. The summed E-state index contributed by atoms with van der Waals surface area (Å²) in [5.41, 5.74) is 3.16. The molecule has 0 saturated heterocycles. The van der Waals surface area contributed by atoms with Crippen LogP contribution in [0, 0.1) is 0 Å². The molecule has 0 bridgehead atoms. The Balaban J connectivity index is 1.39. The number of methoxy groups -OCH3 is 1. The first-order valence-electron chi connectivity index (χ1n) is 16.5. The van der Waals surface area contributed by atoms with Crippen molar-refractivity contribution in [2.75, 3.05) is 7.11 Å². The number of hydrogen-bond acceptors (Lipinski definition) is 8. The van der Waals surface area contributed by atoms with Crippen molar-refractivity contribution in [1.29, 1.82) is 0 Å². The SMILES string of the molecule is COC(=O)CCCCCCCC(=O)c1c(C2=CC=C(CC(=O)c3ccc(Cl)cc3)CC2=O)sc2c1C(=O)CC(CC(=O)c1ccc(Cl)cc1)=C2. The fraction of sp³-hybridized carbons (Fsp3) is 0.300. The zero-order chi connectivity index (χ0) is 35.8. The number of ether oxygens (including phenoxy) is 1. The molecule has 258 valence electrons. The summed E-state index contributed by atoms with van der Waals surface area (Å²) in [4.78, 5) is 79.5. The molecule has 1 heterocycles. The molecule has 0 amide bonds. The molecular weight excluding hydrogens is 695 g/mol. The summed E-state index contributed by atoms with van der Waals surface area (Å²) in [6, 6.07) is 13.2. The average molecular weight is 732 g/mol. The van der Waals surface area contributed by atoms with Crippen LogP contribution in [-0.2, 0) is 14.3 Å². The van der Waals surface area contributed by atoms with E-state index in [4.69, 9.17) is 23.2 Å². The zero-order valence-electron chi connectivity index (χ0n) is 27.7. The van der Waals surface area contributed by atoms with Crippen LogP contribution >= 0.6 is 34.5 Å². The quantitative estimate of drug-likeness (QED) is 0.0819. The van der Waals surface area contributed by atoms with Gasteiger partial charge in [0, 0.05) is 81.3 Å². The molecule has 0 atom stereocenters. The Morgan fingerprint density at radius 3 is 1.80 bits per heavy atom. The van der Waals surface area contributed by atoms with E-state index in [-0.39, 0.29) is 72.6 Å².